The molecule has 0 bridgehead atoms. The van der Waals surface area contributed by atoms with Crippen LogP contribution in [0.3, 0.4) is 0 Å². The van der Waals surface area contributed by atoms with Crippen LogP contribution in [0.15, 0.2) is 0 Å². The predicted octanol–water partition coefficient (Wildman–Crippen LogP) is 1.59. The Hall–Kier alpha value is -0.170. The lowest BCUT2D eigenvalue weighted by Crippen LogP contribution is -2.51. The van der Waals surface area contributed by atoms with Crippen molar-refractivity contribution in [3.8, 4) is 0 Å². The van der Waals surface area contributed by atoms with Gasteiger partial charge in [-0.25, -0.2) is 0 Å². The maximum Gasteiger partial charge on any atom is 0.282 e. The summed E-state index contributed by atoms with van der Waals surface area (Å²) in [4.78, 5) is 0. The van der Waals surface area contributed by atoms with Gasteiger partial charge in [0.25, 0.3) is 10.2 Å². The van der Waals surface area contributed by atoms with Gasteiger partial charge in [0, 0.05) is 25.7 Å². The van der Waals surface area contributed by atoms with Gasteiger partial charge in [-0.05, 0) is 19.8 Å². The van der Waals surface area contributed by atoms with E-state index < -0.39 is 16.3 Å². The number of aliphatic hydroxyl groups excluding tert-OH is 1. The Balaban J connectivity index is 2.94. The van der Waals surface area contributed by atoms with Crippen LogP contribution in [-0.2, 0) is 10.2 Å². The summed E-state index contributed by atoms with van der Waals surface area (Å²) in [5, 5.41) is 9.62. The van der Waals surface area contributed by atoms with Gasteiger partial charge in [-0.15, -0.1) is 0 Å². The van der Waals surface area contributed by atoms with Gasteiger partial charge in [0.15, 0.2) is 0 Å². The van der Waals surface area contributed by atoms with E-state index in [9.17, 15) is 13.5 Å². The molecule has 114 valence electrons. The van der Waals surface area contributed by atoms with Gasteiger partial charge in [0.05, 0.1) is 6.10 Å². The average Bonchev–Trinajstić information content (AvgIpc) is 2.37. The van der Waals surface area contributed by atoms with Gasteiger partial charge < -0.3 is 5.11 Å². The van der Waals surface area contributed by atoms with E-state index >= 15 is 0 Å². The molecule has 0 radical (unpaired) electrons. The summed E-state index contributed by atoms with van der Waals surface area (Å²) in [7, 11) is -3.45. The zero-order valence-corrected chi connectivity index (χ0v) is 13.2. The van der Waals surface area contributed by atoms with Crippen LogP contribution >= 0.6 is 0 Å². The molecule has 0 amide bonds. The van der Waals surface area contributed by atoms with E-state index in [1.165, 1.54) is 15.0 Å². The van der Waals surface area contributed by atoms with E-state index in [2.05, 4.69) is 0 Å². The molecule has 6 heteroatoms. The van der Waals surface area contributed by atoms with E-state index in [1.807, 2.05) is 13.8 Å². The fourth-order valence-electron chi connectivity index (χ4n) is 2.76. The van der Waals surface area contributed by atoms with Crippen LogP contribution in [0.5, 0.6) is 0 Å². The highest BCUT2D eigenvalue weighted by Gasteiger charge is 2.34. The fraction of sp³-hybridized carbons (Fsp3) is 1.00. The Labute approximate surface area is 117 Å². The Kier molecular flexibility index (Phi) is 6.73. The molecule has 1 fully saturated rings. The van der Waals surface area contributed by atoms with Gasteiger partial charge in [0.1, 0.15) is 0 Å². The Morgan fingerprint density at radius 3 is 2.11 bits per heavy atom. The molecule has 1 unspecified atom stereocenters. The average molecular weight is 292 g/mol. The quantitative estimate of drug-likeness (QED) is 0.775. The normalized spacial score (nSPS) is 20.1. The predicted molar refractivity (Wildman–Crippen MR) is 77.1 cm³/mol. The van der Waals surface area contributed by atoms with Gasteiger partial charge >= 0.3 is 0 Å². The molecule has 1 aliphatic carbocycles. The van der Waals surface area contributed by atoms with E-state index in [-0.39, 0.29) is 12.6 Å². The molecule has 0 aromatic rings. The molecular weight excluding hydrogens is 264 g/mol. The number of hydrogen-bond acceptors (Lipinski definition) is 3. The van der Waals surface area contributed by atoms with Crippen LogP contribution in [-0.4, -0.2) is 53.9 Å². The topological polar surface area (TPSA) is 60.9 Å². The second kappa shape index (κ2) is 7.57. The van der Waals surface area contributed by atoms with Crippen molar-refractivity contribution < 1.29 is 13.5 Å². The molecular formula is C13H28N2O3S. The summed E-state index contributed by atoms with van der Waals surface area (Å²) in [5.41, 5.74) is 0. The van der Waals surface area contributed by atoms with Crippen molar-refractivity contribution in [2.24, 2.45) is 0 Å². The molecule has 1 saturated carbocycles. The third-order valence-electron chi connectivity index (χ3n) is 3.75. The van der Waals surface area contributed by atoms with Gasteiger partial charge in [-0.3, -0.25) is 0 Å². The molecule has 0 aromatic carbocycles. The number of hydrogen-bond donors (Lipinski definition) is 1. The smallest absolute Gasteiger partial charge is 0.282 e. The first kappa shape index (κ1) is 16.9. The van der Waals surface area contributed by atoms with Crippen LogP contribution in [0.1, 0.15) is 52.9 Å². The molecule has 0 spiro atoms. The highest BCUT2D eigenvalue weighted by molar-refractivity contribution is 7.86. The standard InChI is InChI=1S/C13H28N2O3S/c1-4-14(5-2)19(17,18)15(11-12(3)16)13-9-7-6-8-10-13/h12-13,16H,4-11H2,1-3H3. The summed E-state index contributed by atoms with van der Waals surface area (Å²) in [6.45, 7) is 6.49. The summed E-state index contributed by atoms with van der Waals surface area (Å²) in [6.07, 6.45) is 4.53. The maximum absolute atomic E-state index is 12.7. The molecule has 1 N–H and O–H groups in total. The minimum atomic E-state index is -3.45. The zero-order chi connectivity index (χ0) is 14.5. The van der Waals surface area contributed by atoms with Crippen molar-refractivity contribution >= 4 is 10.2 Å². The Bertz CT molecular complexity index is 347. The molecule has 0 saturated heterocycles. The number of rotatable bonds is 7. The van der Waals surface area contributed by atoms with Crippen LogP contribution in [0.25, 0.3) is 0 Å². The summed E-state index contributed by atoms with van der Waals surface area (Å²) in [6, 6.07) is 0.0500. The van der Waals surface area contributed by atoms with Crippen molar-refractivity contribution in [1.29, 1.82) is 0 Å². The maximum atomic E-state index is 12.7. The summed E-state index contributed by atoms with van der Waals surface area (Å²) < 4.78 is 28.3. The Morgan fingerprint density at radius 1 is 1.16 bits per heavy atom. The van der Waals surface area contributed by atoms with E-state index in [0.717, 1.165) is 25.7 Å². The molecule has 0 aromatic heterocycles. The van der Waals surface area contributed by atoms with Crippen LogP contribution in [0, 0.1) is 0 Å². The lowest BCUT2D eigenvalue weighted by molar-refractivity contribution is 0.131. The van der Waals surface area contributed by atoms with Crippen molar-refractivity contribution in [1.82, 2.24) is 8.61 Å². The van der Waals surface area contributed by atoms with E-state index in [0.29, 0.717) is 13.1 Å². The van der Waals surface area contributed by atoms with E-state index in [1.54, 1.807) is 6.92 Å². The van der Waals surface area contributed by atoms with E-state index in [4.69, 9.17) is 0 Å². The number of aliphatic hydroxyl groups is 1. The largest absolute Gasteiger partial charge is 0.392 e. The van der Waals surface area contributed by atoms with Crippen molar-refractivity contribution in [2.75, 3.05) is 19.6 Å². The third-order valence-corrected chi connectivity index (χ3v) is 5.96. The molecule has 0 heterocycles. The Morgan fingerprint density at radius 2 is 1.68 bits per heavy atom. The SMILES string of the molecule is CCN(CC)S(=O)(=O)N(CC(C)O)C1CCCCC1. The van der Waals surface area contributed by atoms with Crippen LogP contribution < -0.4 is 0 Å². The first-order chi connectivity index (χ1) is 8.93. The van der Waals surface area contributed by atoms with Crippen molar-refractivity contribution in [2.45, 2.75) is 65.0 Å². The molecule has 1 rings (SSSR count). The minimum absolute atomic E-state index is 0.0500. The first-order valence-corrected chi connectivity index (χ1v) is 8.78. The minimum Gasteiger partial charge on any atom is -0.392 e. The monoisotopic (exact) mass is 292 g/mol. The second-order valence-electron chi connectivity index (χ2n) is 5.30. The lowest BCUT2D eigenvalue weighted by Gasteiger charge is -2.37. The first-order valence-electron chi connectivity index (χ1n) is 7.38. The van der Waals surface area contributed by atoms with Gasteiger partial charge in [-0.2, -0.15) is 17.0 Å². The van der Waals surface area contributed by atoms with Crippen LogP contribution in [0.4, 0.5) is 0 Å². The van der Waals surface area contributed by atoms with Crippen molar-refractivity contribution in [3.05, 3.63) is 0 Å². The molecule has 19 heavy (non-hydrogen) atoms. The summed E-state index contributed by atoms with van der Waals surface area (Å²) in [5.74, 6) is 0. The highest BCUT2D eigenvalue weighted by atomic mass is 32.2. The number of nitrogens with zero attached hydrogens (tertiary/aromatic N) is 2. The fourth-order valence-corrected chi connectivity index (χ4v) is 4.70. The second-order valence-corrected chi connectivity index (χ2v) is 7.18. The lowest BCUT2D eigenvalue weighted by atomic mass is 9.95. The third kappa shape index (κ3) is 4.41. The molecule has 1 atom stereocenters. The van der Waals surface area contributed by atoms with Gasteiger partial charge in [0.2, 0.25) is 0 Å². The van der Waals surface area contributed by atoms with Crippen molar-refractivity contribution in [3.63, 3.8) is 0 Å². The van der Waals surface area contributed by atoms with Gasteiger partial charge in [-0.1, -0.05) is 33.1 Å². The zero-order valence-electron chi connectivity index (χ0n) is 12.4. The molecule has 5 nitrogen and oxygen atoms in total. The highest BCUT2D eigenvalue weighted by Crippen LogP contribution is 2.26. The summed E-state index contributed by atoms with van der Waals surface area (Å²) >= 11 is 0. The van der Waals surface area contributed by atoms with Crippen LogP contribution in [0.2, 0.25) is 0 Å². The molecule has 1 aliphatic rings. The molecule has 0 aliphatic heterocycles.